The summed E-state index contributed by atoms with van der Waals surface area (Å²) in [6.07, 6.45) is 1.58. The average molecular weight is 357 g/mol. The van der Waals surface area contributed by atoms with Crippen molar-refractivity contribution in [3.8, 4) is 0 Å². The van der Waals surface area contributed by atoms with E-state index in [1.165, 1.54) is 18.3 Å². The van der Waals surface area contributed by atoms with Crippen molar-refractivity contribution in [3.63, 3.8) is 0 Å². The van der Waals surface area contributed by atoms with Gasteiger partial charge in [0, 0.05) is 16.8 Å². The first kappa shape index (κ1) is 16.9. The predicted octanol–water partition coefficient (Wildman–Crippen LogP) is 4.19. The first-order valence-electron chi connectivity index (χ1n) is 7.49. The van der Waals surface area contributed by atoms with Gasteiger partial charge >= 0.3 is 0 Å². The Morgan fingerprint density at radius 3 is 2.72 bits per heavy atom. The molecule has 2 N–H and O–H groups in total. The fourth-order valence-corrected chi connectivity index (χ4v) is 2.43. The molecular formula is C18H14ClFN4O. The number of nitrogens with one attached hydrogen (secondary N) is 2. The topological polar surface area (TPSA) is 66.9 Å². The van der Waals surface area contributed by atoms with Crippen molar-refractivity contribution in [3.05, 3.63) is 77.2 Å². The highest BCUT2D eigenvalue weighted by Gasteiger charge is 2.08. The van der Waals surface area contributed by atoms with Gasteiger partial charge in [0.25, 0.3) is 0 Å². The maximum atomic E-state index is 13.2. The summed E-state index contributed by atoms with van der Waals surface area (Å²) in [6, 6.07) is 14.7. The Kier molecular flexibility index (Phi) is 5.20. The summed E-state index contributed by atoms with van der Waals surface area (Å²) >= 11 is 6.06. The molecule has 0 radical (unpaired) electrons. The highest BCUT2D eigenvalue weighted by molar-refractivity contribution is 6.31. The van der Waals surface area contributed by atoms with Crippen LogP contribution in [0, 0.1) is 5.82 Å². The van der Waals surface area contributed by atoms with E-state index in [0.717, 1.165) is 5.56 Å². The lowest BCUT2D eigenvalue weighted by molar-refractivity contribution is -0.115. The van der Waals surface area contributed by atoms with Crippen molar-refractivity contribution < 1.29 is 9.18 Å². The van der Waals surface area contributed by atoms with Gasteiger partial charge in [-0.3, -0.25) is 4.79 Å². The van der Waals surface area contributed by atoms with Crippen molar-refractivity contribution in [2.45, 2.75) is 6.42 Å². The lowest BCUT2D eigenvalue weighted by Crippen LogP contribution is -2.15. The fourth-order valence-electron chi connectivity index (χ4n) is 2.23. The van der Waals surface area contributed by atoms with Crippen LogP contribution in [0.15, 0.2) is 60.8 Å². The summed E-state index contributed by atoms with van der Waals surface area (Å²) in [5.41, 5.74) is 1.75. The van der Waals surface area contributed by atoms with E-state index >= 15 is 0 Å². The Labute approximate surface area is 148 Å². The van der Waals surface area contributed by atoms with Crippen LogP contribution in [0.5, 0.6) is 0 Å². The van der Waals surface area contributed by atoms with Crippen molar-refractivity contribution in [2.75, 3.05) is 10.6 Å². The zero-order chi connectivity index (χ0) is 17.6. The van der Waals surface area contributed by atoms with Gasteiger partial charge < -0.3 is 10.6 Å². The highest BCUT2D eigenvalue weighted by atomic mass is 35.5. The van der Waals surface area contributed by atoms with E-state index in [2.05, 4.69) is 20.8 Å². The number of nitrogens with zero attached hydrogens (tertiary/aromatic N) is 2. The van der Waals surface area contributed by atoms with Crippen molar-refractivity contribution in [2.24, 2.45) is 0 Å². The molecule has 0 saturated heterocycles. The first-order chi connectivity index (χ1) is 12.1. The zero-order valence-electron chi connectivity index (χ0n) is 13.0. The number of carbonyl (C=O) groups is 1. The monoisotopic (exact) mass is 356 g/mol. The Morgan fingerprint density at radius 2 is 1.92 bits per heavy atom. The van der Waals surface area contributed by atoms with Gasteiger partial charge in [-0.2, -0.15) is 5.10 Å². The molecule has 0 atom stereocenters. The van der Waals surface area contributed by atoms with E-state index in [0.29, 0.717) is 22.2 Å². The number of hydrogen-bond donors (Lipinski definition) is 2. The first-order valence-corrected chi connectivity index (χ1v) is 7.86. The largest absolute Gasteiger partial charge is 0.339 e. The summed E-state index contributed by atoms with van der Waals surface area (Å²) in [5, 5.41) is 14.0. The third-order valence-electron chi connectivity index (χ3n) is 3.34. The van der Waals surface area contributed by atoms with Crippen LogP contribution >= 0.6 is 11.6 Å². The molecule has 0 aliphatic rings. The van der Waals surface area contributed by atoms with Gasteiger partial charge in [-0.25, -0.2) is 4.39 Å². The van der Waals surface area contributed by atoms with Gasteiger partial charge in [0.15, 0.2) is 5.82 Å². The number of benzene rings is 2. The zero-order valence-corrected chi connectivity index (χ0v) is 13.8. The molecule has 0 fully saturated rings. The number of rotatable bonds is 5. The number of anilines is 3. The van der Waals surface area contributed by atoms with Crippen LogP contribution in [0.1, 0.15) is 5.56 Å². The summed E-state index contributed by atoms with van der Waals surface area (Å²) in [7, 11) is 0. The average Bonchev–Trinajstić information content (AvgIpc) is 2.57. The van der Waals surface area contributed by atoms with Crippen LogP contribution in [-0.4, -0.2) is 16.1 Å². The molecule has 0 unspecified atom stereocenters. The number of halogens is 2. The van der Waals surface area contributed by atoms with Crippen LogP contribution in [0.25, 0.3) is 0 Å². The van der Waals surface area contributed by atoms with E-state index in [1.807, 2.05) is 6.07 Å². The van der Waals surface area contributed by atoms with Gasteiger partial charge in [-0.15, -0.1) is 5.10 Å². The third kappa shape index (κ3) is 4.74. The SMILES string of the molecule is O=C(Cc1ccccc1Cl)Nc1cnnc(Nc2cccc(F)c2)c1. The standard InChI is InChI=1S/C18H14ClFN4O/c19-16-7-2-1-4-12(16)8-18(25)23-15-10-17(24-21-11-15)22-14-6-3-5-13(20)9-14/h1-7,9-11H,8H2,(H2,22,23,24,25). The van der Waals surface area contributed by atoms with Crippen LogP contribution in [0.2, 0.25) is 5.02 Å². The van der Waals surface area contributed by atoms with Gasteiger partial charge in [0.1, 0.15) is 5.82 Å². The molecule has 0 saturated carbocycles. The molecule has 5 nitrogen and oxygen atoms in total. The highest BCUT2D eigenvalue weighted by Crippen LogP contribution is 2.19. The van der Waals surface area contributed by atoms with Gasteiger partial charge in [-0.1, -0.05) is 35.9 Å². The van der Waals surface area contributed by atoms with Crippen molar-refractivity contribution >= 4 is 34.7 Å². The third-order valence-corrected chi connectivity index (χ3v) is 3.71. The molecule has 7 heteroatoms. The lowest BCUT2D eigenvalue weighted by atomic mass is 10.1. The number of hydrogen-bond acceptors (Lipinski definition) is 4. The second-order valence-corrected chi connectivity index (χ2v) is 5.69. The molecule has 25 heavy (non-hydrogen) atoms. The van der Waals surface area contributed by atoms with E-state index in [1.54, 1.807) is 36.4 Å². The second kappa shape index (κ2) is 7.72. The smallest absolute Gasteiger partial charge is 0.228 e. The number of amides is 1. The Morgan fingerprint density at radius 1 is 1.08 bits per heavy atom. The van der Waals surface area contributed by atoms with Gasteiger partial charge in [0.2, 0.25) is 5.91 Å². The fraction of sp³-hybridized carbons (Fsp3) is 0.0556. The summed E-state index contributed by atoms with van der Waals surface area (Å²) in [4.78, 5) is 12.2. The summed E-state index contributed by atoms with van der Waals surface area (Å²) in [5.74, 6) is -0.193. The molecular weight excluding hydrogens is 343 g/mol. The Hall–Kier alpha value is -2.99. The predicted molar refractivity (Wildman–Crippen MR) is 95.5 cm³/mol. The van der Waals surface area contributed by atoms with E-state index < -0.39 is 0 Å². The Bertz CT molecular complexity index is 904. The minimum atomic E-state index is -0.359. The molecule has 1 amide bonds. The summed E-state index contributed by atoms with van der Waals surface area (Å²) < 4.78 is 13.2. The molecule has 1 aromatic heterocycles. The van der Waals surface area contributed by atoms with E-state index in [-0.39, 0.29) is 18.1 Å². The molecule has 0 aliphatic carbocycles. The van der Waals surface area contributed by atoms with Crippen LogP contribution in [0.3, 0.4) is 0 Å². The molecule has 0 bridgehead atoms. The quantitative estimate of drug-likeness (QED) is 0.719. The minimum Gasteiger partial charge on any atom is -0.339 e. The Balaban J connectivity index is 1.67. The molecule has 0 aliphatic heterocycles. The normalized spacial score (nSPS) is 10.3. The molecule has 2 aromatic carbocycles. The maximum absolute atomic E-state index is 13.2. The lowest BCUT2D eigenvalue weighted by Gasteiger charge is -2.08. The number of carbonyl (C=O) groups excluding carboxylic acids is 1. The van der Waals surface area contributed by atoms with Crippen LogP contribution in [0.4, 0.5) is 21.6 Å². The van der Waals surface area contributed by atoms with E-state index in [4.69, 9.17) is 11.6 Å². The van der Waals surface area contributed by atoms with Gasteiger partial charge in [0.05, 0.1) is 18.3 Å². The molecule has 1 heterocycles. The molecule has 0 spiro atoms. The summed E-state index contributed by atoms with van der Waals surface area (Å²) in [6.45, 7) is 0. The molecule has 3 rings (SSSR count). The van der Waals surface area contributed by atoms with Crippen LogP contribution in [-0.2, 0) is 11.2 Å². The maximum Gasteiger partial charge on any atom is 0.228 e. The van der Waals surface area contributed by atoms with Gasteiger partial charge in [-0.05, 0) is 29.8 Å². The minimum absolute atomic E-state index is 0.147. The molecule has 3 aromatic rings. The van der Waals surface area contributed by atoms with Crippen molar-refractivity contribution in [1.29, 1.82) is 0 Å². The number of aromatic nitrogens is 2. The van der Waals surface area contributed by atoms with E-state index in [9.17, 15) is 9.18 Å². The molecule has 126 valence electrons. The van der Waals surface area contributed by atoms with Crippen molar-refractivity contribution in [1.82, 2.24) is 10.2 Å². The van der Waals surface area contributed by atoms with Crippen LogP contribution < -0.4 is 10.6 Å². The second-order valence-electron chi connectivity index (χ2n) is 5.28.